The lowest BCUT2D eigenvalue weighted by Crippen LogP contribution is -2.10. The summed E-state index contributed by atoms with van der Waals surface area (Å²) < 4.78 is 15.3. The fourth-order valence-electron chi connectivity index (χ4n) is 7.91. The first-order valence-corrected chi connectivity index (χ1v) is 18.1. The van der Waals surface area contributed by atoms with Crippen LogP contribution in [0.2, 0.25) is 0 Å². The zero-order valence-electron chi connectivity index (χ0n) is 29.1. The topological polar surface area (TPSA) is 47.3 Å². The molecule has 0 bridgehead atoms. The number of furan rings is 1. The number of benzene rings is 8. The summed E-state index contributed by atoms with van der Waals surface area (Å²) in [5, 5.41) is 4.31. The van der Waals surface area contributed by atoms with Crippen LogP contribution >= 0.6 is 0 Å². The van der Waals surface area contributed by atoms with Gasteiger partial charge in [0, 0.05) is 44.5 Å². The van der Waals surface area contributed by atoms with E-state index < -0.39 is 0 Å². The van der Waals surface area contributed by atoms with Crippen LogP contribution in [0.4, 0.5) is 17.1 Å². The molecule has 0 saturated heterocycles. The van der Waals surface area contributed by atoms with Gasteiger partial charge in [0.1, 0.15) is 16.7 Å². The Kier molecular flexibility index (Phi) is 6.79. The molecule has 8 aromatic carbocycles. The molecule has 0 atom stereocenters. The van der Waals surface area contributed by atoms with Crippen LogP contribution in [0.25, 0.3) is 83.1 Å². The van der Waals surface area contributed by atoms with E-state index in [4.69, 9.17) is 13.8 Å². The van der Waals surface area contributed by atoms with Crippen LogP contribution in [0.15, 0.2) is 197 Å². The van der Waals surface area contributed by atoms with Gasteiger partial charge in [-0.15, -0.1) is 0 Å². The summed E-state index contributed by atoms with van der Waals surface area (Å²) >= 11 is 0. The van der Waals surface area contributed by atoms with Gasteiger partial charge in [-0.3, -0.25) is 0 Å². The summed E-state index contributed by atoms with van der Waals surface area (Å²) in [6.45, 7) is 0. The van der Waals surface area contributed by atoms with Crippen molar-refractivity contribution in [3.05, 3.63) is 188 Å². The van der Waals surface area contributed by atoms with E-state index in [2.05, 4.69) is 155 Å². The molecule has 0 amide bonds. The summed E-state index contributed by atoms with van der Waals surface area (Å²) in [7, 11) is 0. The first-order valence-electron chi connectivity index (χ1n) is 18.1. The first-order chi connectivity index (χ1) is 26.8. The number of nitrogens with zero attached hydrogens (tertiary/aromatic N) is 3. The normalized spacial score (nSPS) is 11.7. The second kappa shape index (κ2) is 12.1. The van der Waals surface area contributed by atoms with Crippen LogP contribution in [-0.2, 0) is 0 Å². The van der Waals surface area contributed by atoms with Crippen molar-refractivity contribution in [3.8, 4) is 28.3 Å². The maximum Gasteiger partial charge on any atom is 0.227 e. The van der Waals surface area contributed by atoms with E-state index in [1.54, 1.807) is 0 Å². The maximum atomic E-state index is 6.50. The first kappa shape index (κ1) is 30.3. The minimum Gasteiger partial charge on any atom is -0.456 e. The van der Waals surface area contributed by atoms with Gasteiger partial charge in [0.25, 0.3) is 0 Å². The van der Waals surface area contributed by atoms with Crippen LogP contribution in [0, 0.1) is 0 Å². The third-order valence-electron chi connectivity index (χ3n) is 10.4. The third kappa shape index (κ3) is 4.83. The predicted octanol–water partition coefficient (Wildman–Crippen LogP) is 13.6. The predicted molar refractivity (Wildman–Crippen MR) is 221 cm³/mol. The molecule has 54 heavy (non-hydrogen) atoms. The summed E-state index contributed by atoms with van der Waals surface area (Å²) in [6.07, 6.45) is 0. The molecule has 0 saturated carbocycles. The summed E-state index contributed by atoms with van der Waals surface area (Å²) in [6, 6.07) is 65.8. The monoisotopic (exact) mass is 693 g/mol. The number of aromatic nitrogens is 2. The van der Waals surface area contributed by atoms with Gasteiger partial charge in [0.05, 0.1) is 16.4 Å². The molecule has 11 aromatic rings. The van der Waals surface area contributed by atoms with E-state index in [0.717, 1.165) is 72.4 Å². The largest absolute Gasteiger partial charge is 0.456 e. The van der Waals surface area contributed by atoms with Crippen molar-refractivity contribution < 1.29 is 8.83 Å². The highest BCUT2D eigenvalue weighted by Crippen LogP contribution is 2.43. The van der Waals surface area contributed by atoms with Crippen molar-refractivity contribution in [2.24, 2.45) is 0 Å². The Morgan fingerprint density at radius 1 is 0.426 bits per heavy atom. The van der Waals surface area contributed by atoms with Crippen molar-refractivity contribution in [3.63, 3.8) is 0 Å². The number of fused-ring (bicyclic) bond motifs is 8. The molecule has 0 fully saturated rings. The standard InChI is InChI=1S/C49H31N3O2/c1-4-12-32(13-5-1)33-20-22-36(23-21-33)51(38-24-26-40-39-18-10-11-19-43(39)52(44(40)31-38)35-16-8-3-9-17-35)37-25-28-45-41(30-37)47-46(53-45)29-27-42-48(47)54-49(50-42)34-14-6-2-7-15-34/h1-31H. The smallest absolute Gasteiger partial charge is 0.227 e. The van der Waals surface area contributed by atoms with E-state index >= 15 is 0 Å². The maximum absolute atomic E-state index is 6.50. The molecule has 5 nitrogen and oxygen atoms in total. The number of hydrogen-bond donors (Lipinski definition) is 0. The van der Waals surface area contributed by atoms with Crippen LogP contribution < -0.4 is 4.90 Å². The average molecular weight is 694 g/mol. The highest BCUT2D eigenvalue weighted by Gasteiger charge is 2.21. The lowest BCUT2D eigenvalue weighted by atomic mass is 10.0. The van der Waals surface area contributed by atoms with Gasteiger partial charge in [-0.05, 0) is 96.1 Å². The van der Waals surface area contributed by atoms with Crippen LogP contribution in [0.1, 0.15) is 0 Å². The Balaban J connectivity index is 1.14. The number of para-hydroxylation sites is 2. The third-order valence-corrected chi connectivity index (χ3v) is 10.4. The van der Waals surface area contributed by atoms with Crippen molar-refractivity contribution >= 4 is 71.9 Å². The van der Waals surface area contributed by atoms with Gasteiger partial charge < -0.3 is 18.3 Å². The second-order valence-corrected chi connectivity index (χ2v) is 13.6. The van der Waals surface area contributed by atoms with E-state index in [9.17, 15) is 0 Å². The molecule has 3 heterocycles. The molecule has 0 radical (unpaired) electrons. The molecule has 3 aromatic heterocycles. The number of rotatable bonds is 6. The minimum absolute atomic E-state index is 0.589. The van der Waals surface area contributed by atoms with Gasteiger partial charge in [0.15, 0.2) is 5.58 Å². The highest BCUT2D eigenvalue weighted by atomic mass is 16.4. The average Bonchev–Trinajstić information content (AvgIpc) is 3.94. The van der Waals surface area contributed by atoms with E-state index in [1.807, 2.05) is 42.5 Å². The summed E-state index contributed by atoms with van der Waals surface area (Å²) in [4.78, 5) is 7.19. The Labute approximate surface area is 310 Å². The van der Waals surface area contributed by atoms with Crippen LogP contribution in [0.5, 0.6) is 0 Å². The van der Waals surface area contributed by atoms with Crippen molar-refractivity contribution in [1.82, 2.24) is 9.55 Å². The van der Waals surface area contributed by atoms with Gasteiger partial charge in [0.2, 0.25) is 5.89 Å². The molecule has 254 valence electrons. The number of oxazole rings is 1. The van der Waals surface area contributed by atoms with Gasteiger partial charge >= 0.3 is 0 Å². The second-order valence-electron chi connectivity index (χ2n) is 13.6. The molecule has 0 spiro atoms. The SMILES string of the molecule is c1ccc(-c2ccc(N(c3ccc4oc5ccc6nc(-c7ccccc7)oc6c5c4c3)c3ccc4c5ccccc5n(-c5ccccc5)c4c3)cc2)cc1. The van der Waals surface area contributed by atoms with E-state index in [-0.39, 0.29) is 0 Å². The molecule has 0 N–H and O–H groups in total. The van der Waals surface area contributed by atoms with Crippen molar-refractivity contribution in [2.45, 2.75) is 0 Å². The molecular formula is C49H31N3O2. The molecule has 11 rings (SSSR count). The Morgan fingerprint density at radius 3 is 1.83 bits per heavy atom. The molecule has 0 aliphatic rings. The molecule has 0 aliphatic carbocycles. The lowest BCUT2D eigenvalue weighted by Gasteiger charge is -2.26. The summed E-state index contributed by atoms with van der Waals surface area (Å²) in [5.74, 6) is 0.589. The fourth-order valence-corrected chi connectivity index (χ4v) is 7.91. The zero-order chi connectivity index (χ0) is 35.6. The highest BCUT2D eigenvalue weighted by molar-refractivity contribution is 6.17. The Hall–Kier alpha value is -7.37. The summed E-state index contributed by atoms with van der Waals surface area (Å²) in [5.41, 5.74) is 12.9. The fraction of sp³-hybridized carbons (Fsp3) is 0. The zero-order valence-corrected chi connectivity index (χ0v) is 29.1. The number of hydrogen-bond acceptors (Lipinski definition) is 4. The molecular weight excluding hydrogens is 663 g/mol. The van der Waals surface area contributed by atoms with Gasteiger partial charge in [-0.1, -0.05) is 103 Å². The quantitative estimate of drug-likeness (QED) is 0.174. The van der Waals surface area contributed by atoms with Crippen LogP contribution in [-0.4, -0.2) is 9.55 Å². The lowest BCUT2D eigenvalue weighted by molar-refractivity contribution is 0.622. The molecule has 0 unspecified atom stereocenters. The Bertz CT molecular complexity index is 3140. The van der Waals surface area contributed by atoms with Crippen molar-refractivity contribution in [1.29, 1.82) is 0 Å². The van der Waals surface area contributed by atoms with Crippen LogP contribution in [0.3, 0.4) is 0 Å². The minimum atomic E-state index is 0.589. The van der Waals surface area contributed by atoms with E-state index in [1.165, 1.54) is 21.9 Å². The molecule has 0 aliphatic heterocycles. The van der Waals surface area contributed by atoms with Gasteiger partial charge in [-0.25, -0.2) is 4.98 Å². The number of anilines is 3. The van der Waals surface area contributed by atoms with Gasteiger partial charge in [-0.2, -0.15) is 0 Å². The van der Waals surface area contributed by atoms with E-state index in [0.29, 0.717) is 5.89 Å². The van der Waals surface area contributed by atoms with Crippen molar-refractivity contribution in [2.75, 3.05) is 4.90 Å². The molecule has 5 heteroatoms. The Morgan fingerprint density at radius 2 is 1.04 bits per heavy atom.